The Morgan fingerprint density at radius 3 is 2.68 bits per heavy atom. The summed E-state index contributed by atoms with van der Waals surface area (Å²) in [4.78, 5) is 40.8. The van der Waals surface area contributed by atoms with E-state index in [0.717, 1.165) is 6.07 Å². The van der Waals surface area contributed by atoms with Crippen molar-refractivity contribution in [3.63, 3.8) is 0 Å². The van der Waals surface area contributed by atoms with Crippen LogP contribution in [0.3, 0.4) is 0 Å². The highest BCUT2D eigenvalue weighted by molar-refractivity contribution is 6.30. The number of carbonyl (C=O) groups is 3. The second-order valence-electron chi connectivity index (χ2n) is 7.97. The molecule has 11 heteroatoms. The molecule has 2 saturated heterocycles. The van der Waals surface area contributed by atoms with Crippen LogP contribution in [-0.4, -0.2) is 66.5 Å². The maximum atomic E-state index is 13.4. The van der Waals surface area contributed by atoms with Crippen LogP contribution < -0.4 is 10.2 Å². The molecule has 2 aliphatic heterocycles. The lowest BCUT2D eigenvalue weighted by molar-refractivity contribution is -0.175. The summed E-state index contributed by atoms with van der Waals surface area (Å²) in [5.41, 5.74) is 1.18. The number of nitrogens with one attached hydrogen (secondary N) is 1. The summed E-state index contributed by atoms with van der Waals surface area (Å²) >= 11 is 5.79. The van der Waals surface area contributed by atoms with Gasteiger partial charge in [0.25, 0.3) is 17.6 Å². The summed E-state index contributed by atoms with van der Waals surface area (Å²) in [7, 11) is 0. The number of carbonyl (C=O) groups excluding carboxylic acids is 3. The summed E-state index contributed by atoms with van der Waals surface area (Å²) < 4.78 is 23.7. The third kappa shape index (κ3) is 5.30. The van der Waals surface area contributed by atoms with Gasteiger partial charge in [0.05, 0.1) is 13.2 Å². The van der Waals surface area contributed by atoms with Crippen LogP contribution >= 0.6 is 11.6 Å². The highest BCUT2D eigenvalue weighted by atomic mass is 35.5. The number of aliphatic hydroxyl groups is 1. The number of morpholine rings is 1. The number of halogens is 2. The number of nitrogens with zero attached hydrogens (tertiary/aromatic N) is 2. The van der Waals surface area contributed by atoms with Crippen molar-refractivity contribution >= 4 is 35.2 Å². The molecule has 2 fully saturated rings. The van der Waals surface area contributed by atoms with Gasteiger partial charge in [0.15, 0.2) is 0 Å². The van der Waals surface area contributed by atoms with Crippen LogP contribution in [0.25, 0.3) is 0 Å². The van der Waals surface area contributed by atoms with Crippen molar-refractivity contribution in [2.24, 2.45) is 0 Å². The zero-order valence-electron chi connectivity index (χ0n) is 18.1. The minimum Gasteiger partial charge on any atom is -0.407 e. The second-order valence-corrected chi connectivity index (χ2v) is 8.40. The molecule has 0 spiro atoms. The van der Waals surface area contributed by atoms with Gasteiger partial charge in [-0.15, -0.1) is 0 Å². The Hall–Kier alpha value is -3.21. The molecule has 0 aromatic heterocycles. The predicted molar refractivity (Wildman–Crippen MR) is 120 cm³/mol. The number of amides is 3. The zero-order chi connectivity index (χ0) is 24.3. The molecule has 0 radical (unpaired) electrons. The monoisotopic (exact) mass is 491 g/mol. The van der Waals surface area contributed by atoms with Gasteiger partial charge in [-0.25, -0.2) is 9.18 Å². The molecule has 1 atom stereocenters. The van der Waals surface area contributed by atoms with Crippen molar-refractivity contribution < 1.29 is 33.4 Å². The molecule has 180 valence electrons. The van der Waals surface area contributed by atoms with E-state index in [1.807, 2.05) is 0 Å². The van der Waals surface area contributed by atoms with Crippen LogP contribution in [0.1, 0.15) is 22.3 Å². The van der Waals surface area contributed by atoms with Crippen molar-refractivity contribution in [2.45, 2.75) is 18.8 Å². The topological polar surface area (TPSA) is 108 Å². The quantitative estimate of drug-likeness (QED) is 0.621. The fourth-order valence-corrected chi connectivity index (χ4v) is 4.10. The summed E-state index contributed by atoms with van der Waals surface area (Å²) in [6, 6.07) is 10.3. The average Bonchev–Trinajstić information content (AvgIpc) is 3.11. The van der Waals surface area contributed by atoms with E-state index in [-0.39, 0.29) is 30.4 Å². The first-order valence-electron chi connectivity index (χ1n) is 10.7. The van der Waals surface area contributed by atoms with Crippen molar-refractivity contribution in [3.05, 3.63) is 64.4 Å². The van der Waals surface area contributed by atoms with Gasteiger partial charge in [0.2, 0.25) is 0 Å². The number of rotatable bonds is 5. The minimum absolute atomic E-state index is 0.0807. The molecule has 0 saturated carbocycles. The average molecular weight is 492 g/mol. The van der Waals surface area contributed by atoms with Crippen LogP contribution in [0.15, 0.2) is 42.5 Å². The highest BCUT2D eigenvalue weighted by Gasteiger charge is 2.49. The molecule has 2 aliphatic rings. The van der Waals surface area contributed by atoms with Gasteiger partial charge >= 0.3 is 6.09 Å². The van der Waals surface area contributed by atoms with Gasteiger partial charge in [-0.3, -0.25) is 9.59 Å². The molecule has 4 rings (SSSR count). The fourth-order valence-electron chi connectivity index (χ4n) is 3.86. The standard InChI is InChI=1S/C23H23ClFN3O6/c24-17-10-15(11-18(25)13-17)14-26-22(31)34-23(32)4-5-28(21(23)30)19-3-1-2-16(12-19)20(29)27-6-8-33-9-7-27/h1-3,10-13,32H,4-9,14H2,(H,26,31)/t23-/m1/s1. The minimum atomic E-state index is -2.37. The Balaban J connectivity index is 1.39. The number of benzene rings is 2. The van der Waals surface area contributed by atoms with Crippen LogP contribution in [0.2, 0.25) is 5.02 Å². The van der Waals surface area contributed by atoms with Crippen LogP contribution in [-0.2, 0) is 20.8 Å². The van der Waals surface area contributed by atoms with E-state index in [0.29, 0.717) is 43.1 Å². The third-order valence-corrected chi connectivity index (χ3v) is 5.80. The summed E-state index contributed by atoms with van der Waals surface area (Å²) in [6.45, 7) is 1.86. The fraction of sp³-hybridized carbons (Fsp3) is 0.348. The van der Waals surface area contributed by atoms with E-state index in [9.17, 15) is 23.9 Å². The molecule has 34 heavy (non-hydrogen) atoms. The second kappa shape index (κ2) is 9.96. The lowest BCUT2D eigenvalue weighted by Crippen LogP contribution is -2.46. The number of alkyl carbamates (subject to hydrolysis) is 1. The van der Waals surface area contributed by atoms with Gasteiger partial charge in [-0.2, -0.15) is 0 Å². The maximum absolute atomic E-state index is 13.4. The van der Waals surface area contributed by atoms with Gasteiger partial charge in [-0.1, -0.05) is 17.7 Å². The largest absolute Gasteiger partial charge is 0.410 e. The predicted octanol–water partition coefficient (Wildman–Crippen LogP) is 2.30. The van der Waals surface area contributed by atoms with Crippen molar-refractivity contribution in [2.75, 3.05) is 37.7 Å². The molecular weight excluding hydrogens is 469 g/mol. The molecule has 0 bridgehead atoms. The van der Waals surface area contributed by atoms with Crippen molar-refractivity contribution in [3.8, 4) is 0 Å². The first-order chi connectivity index (χ1) is 16.2. The van der Waals surface area contributed by atoms with E-state index >= 15 is 0 Å². The number of hydrogen-bond donors (Lipinski definition) is 2. The van der Waals surface area contributed by atoms with Crippen LogP contribution in [0.5, 0.6) is 0 Å². The van der Waals surface area contributed by atoms with Gasteiger partial charge < -0.3 is 29.7 Å². The lowest BCUT2D eigenvalue weighted by atomic mass is 10.1. The Morgan fingerprint density at radius 2 is 1.94 bits per heavy atom. The van der Waals surface area contributed by atoms with E-state index in [1.165, 1.54) is 17.0 Å². The Labute approximate surface area is 200 Å². The molecule has 3 amide bonds. The van der Waals surface area contributed by atoms with Crippen molar-refractivity contribution in [1.29, 1.82) is 0 Å². The first-order valence-corrected chi connectivity index (χ1v) is 11.1. The maximum Gasteiger partial charge on any atom is 0.410 e. The molecule has 0 unspecified atom stereocenters. The molecule has 2 N–H and O–H groups in total. The van der Waals surface area contributed by atoms with Crippen LogP contribution in [0, 0.1) is 5.82 Å². The van der Waals surface area contributed by atoms with Gasteiger partial charge in [-0.05, 0) is 42.0 Å². The van der Waals surface area contributed by atoms with Crippen LogP contribution in [0.4, 0.5) is 14.9 Å². The summed E-state index contributed by atoms with van der Waals surface area (Å²) in [5, 5.41) is 13.2. The Bertz CT molecular complexity index is 1090. The number of ether oxygens (including phenoxy) is 2. The van der Waals surface area contributed by atoms with E-state index in [2.05, 4.69) is 5.32 Å². The molecule has 0 aliphatic carbocycles. The number of anilines is 1. The molecule has 9 nitrogen and oxygen atoms in total. The Morgan fingerprint density at radius 1 is 1.18 bits per heavy atom. The van der Waals surface area contributed by atoms with E-state index < -0.39 is 23.6 Å². The summed E-state index contributed by atoms with van der Waals surface area (Å²) in [5.74, 6) is -3.94. The highest BCUT2D eigenvalue weighted by Crippen LogP contribution is 2.30. The number of hydrogen-bond acceptors (Lipinski definition) is 6. The van der Waals surface area contributed by atoms with Gasteiger partial charge in [0, 0.05) is 48.9 Å². The normalized spacial score (nSPS) is 20.4. The zero-order valence-corrected chi connectivity index (χ0v) is 18.9. The lowest BCUT2D eigenvalue weighted by Gasteiger charge is -2.27. The summed E-state index contributed by atoms with van der Waals surface area (Å²) in [6.07, 6.45) is -1.21. The smallest absolute Gasteiger partial charge is 0.407 e. The SMILES string of the molecule is O=C(NCc1cc(F)cc(Cl)c1)O[C@]1(O)CCN(c2cccc(C(=O)N3CCOCC3)c2)C1=O. The molecule has 2 aromatic carbocycles. The van der Waals surface area contributed by atoms with Crippen molar-refractivity contribution in [1.82, 2.24) is 10.2 Å². The van der Waals surface area contributed by atoms with E-state index in [1.54, 1.807) is 29.2 Å². The Kier molecular flexibility index (Phi) is 7.01. The van der Waals surface area contributed by atoms with E-state index in [4.69, 9.17) is 21.1 Å². The molecule has 2 aromatic rings. The molecule has 2 heterocycles. The molecular formula is C23H23ClFN3O6. The van der Waals surface area contributed by atoms with Gasteiger partial charge in [0.1, 0.15) is 5.82 Å². The first kappa shape index (κ1) is 23.9. The third-order valence-electron chi connectivity index (χ3n) is 5.58.